The van der Waals surface area contributed by atoms with Gasteiger partial charge in [0, 0.05) is 13.2 Å². The molecule has 0 spiro atoms. The Morgan fingerprint density at radius 3 is 2.83 bits per heavy atom. The molecule has 0 amide bonds. The van der Waals surface area contributed by atoms with Crippen molar-refractivity contribution in [2.45, 2.75) is 5.60 Å². The molecule has 94 valence electrons. The summed E-state index contributed by atoms with van der Waals surface area (Å²) in [7, 11) is 1.78. The summed E-state index contributed by atoms with van der Waals surface area (Å²) in [5.74, 6) is 0.845. The molecular weight excluding hydrogens is 298 g/mol. The number of hydrogen-bond acceptors (Lipinski definition) is 5. The lowest BCUT2D eigenvalue weighted by atomic mass is 9.90. The van der Waals surface area contributed by atoms with E-state index in [-0.39, 0.29) is 0 Å². The molecule has 7 heteroatoms. The molecule has 1 aliphatic rings. The van der Waals surface area contributed by atoms with Crippen LogP contribution in [0.4, 0.5) is 5.82 Å². The first-order valence-corrected chi connectivity index (χ1v) is 6.32. The fourth-order valence-corrected chi connectivity index (χ4v) is 2.72. The van der Waals surface area contributed by atoms with Crippen LogP contribution in [-0.4, -0.2) is 38.2 Å². The monoisotopic (exact) mass is 309 g/mol. The van der Waals surface area contributed by atoms with E-state index in [4.69, 9.17) is 0 Å². The third-order valence-electron chi connectivity index (χ3n) is 3.13. The van der Waals surface area contributed by atoms with E-state index in [2.05, 4.69) is 31.2 Å². The van der Waals surface area contributed by atoms with Gasteiger partial charge in [-0.05, 0) is 28.1 Å². The van der Waals surface area contributed by atoms with E-state index in [0.29, 0.717) is 13.1 Å². The van der Waals surface area contributed by atoms with Crippen LogP contribution >= 0.6 is 15.9 Å². The van der Waals surface area contributed by atoms with Crippen molar-refractivity contribution >= 4 is 21.7 Å². The minimum Gasteiger partial charge on any atom is -0.380 e. The molecule has 6 nitrogen and oxygen atoms in total. The van der Waals surface area contributed by atoms with E-state index >= 15 is 0 Å². The Bertz CT molecular complexity index is 578. The number of rotatable bonds is 2. The van der Waals surface area contributed by atoms with Gasteiger partial charge in [-0.15, -0.1) is 5.10 Å². The fourth-order valence-electron chi connectivity index (χ4n) is 2.22. The van der Waals surface area contributed by atoms with E-state index in [9.17, 15) is 5.11 Å². The molecule has 0 unspecified atom stereocenters. The van der Waals surface area contributed by atoms with E-state index < -0.39 is 5.60 Å². The van der Waals surface area contributed by atoms with Gasteiger partial charge in [0.2, 0.25) is 0 Å². The molecule has 0 aliphatic carbocycles. The number of aliphatic hydroxyl groups is 1. The SMILES string of the molecule is Cn1nncc1C1(O)CN(c2ncccc2Br)C1. The molecule has 1 N–H and O–H groups in total. The molecule has 0 saturated carbocycles. The van der Waals surface area contributed by atoms with Crippen LogP contribution in [0.1, 0.15) is 5.69 Å². The van der Waals surface area contributed by atoms with Gasteiger partial charge in [0.15, 0.2) is 0 Å². The lowest BCUT2D eigenvalue weighted by Crippen LogP contribution is -2.60. The summed E-state index contributed by atoms with van der Waals surface area (Å²) in [5, 5.41) is 18.1. The number of β-amino-alcohol motifs (C(OH)–C–C–N with tert-alkyl or cyclic N) is 1. The van der Waals surface area contributed by atoms with E-state index in [1.54, 1.807) is 24.1 Å². The largest absolute Gasteiger partial charge is 0.380 e. The molecule has 0 bridgehead atoms. The fraction of sp³-hybridized carbons (Fsp3) is 0.364. The van der Waals surface area contributed by atoms with Crippen LogP contribution in [0, 0.1) is 0 Å². The van der Waals surface area contributed by atoms with Gasteiger partial charge in [0.05, 0.1) is 29.5 Å². The standard InChI is InChI=1S/C11H12BrN5O/c1-16-9(5-14-15-16)11(18)6-17(7-11)10-8(12)3-2-4-13-10/h2-5,18H,6-7H2,1H3. The number of anilines is 1. The zero-order chi connectivity index (χ0) is 12.8. The Kier molecular flexibility index (Phi) is 2.60. The van der Waals surface area contributed by atoms with Gasteiger partial charge in [-0.25, -0.2) is 9.67 Å². The van der Waals surface area contributed by atoms with E-state index in [0.717, 1.165) is 16.0 Å². The predicted octanol–water partition coefficient (Wildman–Crippen LogP) is 0.680. The summed E-state index contributed by atoms with van der Waals surface area (Å²) >= 11 is 3.46. The number of aryl methyl sites for hydroxylation is 1. The first kappa shape index (κ1) is 11.6. The maximum absolute atomic E-state index is 10.5. The zero-order valence-electron chi connectivity index (χ0n) is 9.78. The van der Waals surface area contributed by atoms with E-state index in [1.807, 2.05) is 17.0 Å². The molecule has 3 heterocycles. The van der Waals surface area contributed by atoms with E-state index in [1.165, 1.54) is 0 Å². The number of halogens is 1. The molecule has 2 aromatic heterocycles. The average Bonchev–Trinajstić information content (AvgIpc) is 2.73. The molecule has 0 atom stereocenters. The second kappa shape index (κ2) is 4.03. The normalized spacial score (nSPS) is 17.6. The number of nitrogens with zero attached hydrogens (tertiary/aromatic N) is 5. The average molecular weight is 310 g/mol. The quantitative estimate of drug-likeness (QED) is 0.883. The maximum atomic E-state index is 10.5. The van der Waals surface area contributed by atoms with Gasteiger partial charge in [-0.3, -0.25) is 0 Å². The van der Waals surface area contributed by atoms with Crippen molar-refractivity contribution in [3.05, 3.63) is 34.7 Å². The lowest BCUT2D eigenvalue weighted by molar-refractivity contribution is -0.000575. The van der Waals surface area contributed by atoms with Crippen molar-refractivity contribution in [3.8, 4) is 0 Å². The summed E-state index contributed by atoms with van der Waals surface area (Å²) in [6.07, 6.45) is 3.34. The summed E-state index contributed by atoms with van der Waals surface area (Å²) < 4.78 is 2.53. The first-order valence-electron chi connectivity index (χ1n) is 5.53. The van der Waals surface area contributed by atoms with Crippen molar-refractivity contribution in [3.63, 3.8) is 0 Å². The molecule has 0 aromatic carbocycles. The van der Waals surface area contributed by atoms with Crippen LogP contribution in [0.2, 0.25) is 0 Å². The highest BCUT2D eigenvalue weighted by Crippen LogP contribution is 2.36. The topological polar surface area (TPSA) is 67.1 Å². The van der Waals surface area contributed by atoms with Crippen molar-refractivity contribution in [1.82, 2.24) is 20.0 Å². The molecule has 0 radical (unpaired) electrons. The summed E-state index contributed by atoms with van der Waals surface area (Å²) in [4.78, 5) is 6.31. The predicted molar refractivity (Wildman–Crippen MR) is 69.0 cm³/mol. The number of hydrogen-bond donors (Lipinski definition) is 1. The zero-order valence-corrected chi connectivity index (χ0v) is 11.4. The van der Waals surface area contributed by atoms with Crippen molar-refractivity contribution in [2.75, 3.05) is 18.0 Å². The molecular formula is C11H12BrN5O. The van der Waals surface area contributed by atoms with Crippen LogP contribution in [0.25, 0.3) is 0 Å². The van der Waals surface area contributed by atoms with Crippen LogP contribution in [0.3, 0.4) is 0 Å². The maximum Gasteiger partial charge on any atom is 0.143 e. The highest BCUT2D eigenvalue weighted by molar-refractivity contribution is 9.10. The van der Waals surface area contributed by atoms with Crippen LogP contribution in [-0.2, 0) is 12.6 Å². The van der Waals surface area contributed by atoms with Gasteiger partial charge < -0.3 is 10.0 Å². The van der Waals surface area contributed by atoms with Crippen LogP contribution < -0.4 is 4.90 Å². The molecule has 1 aliphatic heterocycles. The minimum absolute atomic E-state index is 0.490. The van der Waals surface area contributed by atoms with Crippen molar-refractivity contribution in [2.24, 2.45) is 7.05 Å². The van der Waals surface area contributed by atoms with Gasteiger partial charge in [0.25, 0.3) is 0 Å². The lowest BCUT2D eigenvalue weighted by Gasteiger charge is -2.46. The molecule has 1 saturated heterocycles. The second-order valence-electron chi connectivity index (χ2n) is 4.44. The Morgan fingerprint density at radius 1 is 1.44 bits per heavy atom. The second-order valence-corrected chi connectivity index (χ2v) is 5.29. The Morgan fingerprint density at radius 2 is 2.22 bits per heavy atom. The van der Waals surface area contributed by atoms with Gasteiger partial charge >= 0.3 is 0 Å². The summed E-state index contributed by atoms with van der Waals surface area (Å²) in [6, 6.07) is 3.80. The minimum atomic E-state index is -0.894. The van der Waals surface area contributed by atoms with Gasteiger partial charge in [-0.2, -0.15) is 0 Å². The Balaban J connectivity index is 1.81. The molecule has 2 aromatic rings. The number of pyridine rings is 1. The highest BCUT2D eigenvalue weighted by Gasteiger charge is 2.46. The third kappa shape index (κ3) is 1.70. The Labute approximate surface area is 112 Å². The first-order chi connectivity index (χ1) is 8.60. The molecule has 18 heavy (non-hydrogen) atoms. The van der Waals surface area contributed by atoms with Crippen LogP contribution in [0.15, 0.2) is 29.0 Å². The number of aromatic nitrogens is 4. The molecule has 1 fully saturated rings. The van der Waals surface area contributed by atoms with Crippen molar-refractivity contribution < 1.29 is 5.11 Å². The van der Waals surface area contributed by atoms with Gasteiger partial charge in [-0.1, -0.05) is 5.21 Å². The molecule has 3 rings (SSSR count). The van der Waals surface area contributed by atoms with Crippen molar-refractivity contribution in [1.29, 1.82) is 0 Å². The van der Waals surface area contributed by atoms with Gasteiger partial charge in [0.1, 0.15) is 11.4 Å². The summed E-state index contributed by atoms with van der Waals surface area (Å²) in [6.45, 7) is 0.980. The third-order valence-corrected chi connectivity index (χ3v) is 3.75. The smallest absolute Gasteiger partial charge is 0.143 e. The highest BCUT2D eigenvalue weighted by atomic mass is 79.9. The van der Waals surface area contributed by atoms with Crippen LogP contribution in [0.5, 0.6) is 0 Å². The Hall–Kier alpha value is -1.47. The summed E-state index contributed by atoms with van der Waals surface area (Å²) in [5.41, 5.74) is -0.166.